The smallest absolute Gasteiger partial charge is 0.133 e. The predicted octanol–water partition coefficient (Wildman–Crippen LogP) is 1.63. The molecule has 0 fully saturated rings. The zero-order valence-electron chi connectivity index (χ0n) is 6.64. The summed E-state index contributed by atoms with van der Waals surface area (Å²) in [6.07, 6.45) is 0. The molecule has 10 heavy (non-hydrogen) atoms. The van der Waals surface area contributed by atoms with E-state index in [-0.39, 0.29) is 39.0 Å². The second-order valence-corrected chi connectivity index (χ2v) is 3.19. The summed E-state index contributed by atoms with van der Waals surface area (Å²) in [5, 5.41) is 3.04. The summed E-state index contributed by atoms with van der Waals surface area (Å²) in [6, 6.07) is 0. The maximum absolute atomic E-state index is 4.90. The molecule has 0 aliphatic heterocycles. The van der Waals surface area contributed by atoms with Crippen LogP contribution in [0.25, 0.3) is 0 Å². The molecule has 0 saturated carbocycles. The molecule has 0 atom stereocenters. The molecule has 0 aromatic carbocycles. The van der Waals surface area contributed by atoms with Gasteiger partial charge in [-0.2, -0.15) is 0 Å². The Hall–Kier alpha value is 1.49. The first kappa shape index (κ1) is 17.5. The van der Waals surface area contributed by atoms with E-state index in [4.69, 9.17) is 12.2 Å². The largest absolute Gasteiger partial charge is 0.371 e. The van der Waals surface area contributed by atoms with E-state index < -0.39 is 0 Å². The Bertz CT molecular complexity index is 72.0. The van der Waals surface area contributed by atoms with Crippen LogP contribution in [0.1, 0.15) is 13.8 Å². The summed E-state index contributed by atoms with van der Waals surface area (Å²) < 4.78 is 0.912. The van der Waals surface area contributed by atoms with E-state index in [2.05, 4.69) is 12.2 Å². The van der Waals surface area contributed by atoms with Gasteiger partial charge in [0.2, 0.25) is 0 Å². The first-order chi connectivity index (χ1) is 3.81. The second-order valence-electron chi connectivity index (χ2n) is 1.25. The van der Waals surface area contributed by atoms with Crippen molar-refractivity contribution in [3.8, 4) is 0 Å². The molecule has 0 rings (SSSR count). The molecule has 0 spiro atoms. The average Bonchev–Trinajstić information content (AvgIpc) is 1.68. The quantitative estimate of drug-likeness (QED) is 0.610. The minimum atomic E-state index is 0. The molecule has 0 unspecified atom stereocenters. The van der Waals surface area contributed by atoms with Gasteiger partial charge in [-0.25, -0.2) is 0 Å². The first-order valence-corrected chi connectivity index (χ1v) is 4.11. The Balaban J connectivity index is -0.000000245. The van der Waals surface area contributed by atoms with E-state index in [1.165, 1.54) is 0 Å². The number of rotatable bonds is 2. The zero-order chi connectivity index (χ0) is 6.41. The Morgan fingerprint density at radius 3 is 2.20 bits per heavy atom. The van der Waals surface area contributed by atoms with Crippen molar-refractivity contribution in [3.63, 3.8) is 0 Å². The molecule has 0 saturated heterocycles. The van der Waals surface area contributed by atoms with E-state index in [1.54, 1.807) is 11.8 Å². The maximum atomic E-state index is 4.90. The zero-order valence-corrected chi connectivity index (χ0v) is 14.2. The third-order valence-corrected chi connectivity index (χ3v) is 1.79. The summed E-state index contributed by atoms with van der Waals surface area (Å²) >= 11 is 6.58. The van der Waals surface area contributed by atoms with Crippen molar-refractivity contribution in [3.05, 3.63) is 0 Å². The number of hydrogen-bond acceptors (Lipinski definition) is 2. The van der Waals surface area contributed by atoms with Crippen LogP contribution in [-0.4, -0.2) is 16.6 Å². The Labute approximate surface area is 98.0 Å². The molecule has 5 heteroatoms. The van der Waals surface area contributed by atoms with Gasteiger partial charge in [-0.05, 0) is 12.7 Å². The van der Waals surface area contributed by atoms with Crippen LogP contribution in [0.15, 0.2) is 0 Å². The van der Waals surface area contributed by atoms with E-state index in [0.717, 1.165) is 16.6 Å². The molecule has 0 amide bonds. The summed E-state index contributed by atoms with van der Waals surface area (Å²) in [7, 11) is 0. The van der Waals surface area contributed by atoms with Crippen LogP contribution in [0.4, 0.5) is 0 Å². The molecule has 0 aliphatic rings. The molecule has 0 heterocycles. The van der Waals surface area contributed by atoms with Gasteiger partial charge in [0.1, 0.15) is 4.32 Å². The van der Waals surface area contributed by atoms with Crippen LogP contribution in [-0.2, 0) is 39.0 Å². The topological polar surface area (TPSA) is 12.0 Å². The molecule has 0 aliphatic carbocycles. The fourth-order valence-electron chi connectivity index (χ4n) is 0.326. The van der Waals surface area contributed by atoms with Crippen LogP contribution in [0.5, 0.6) is 0 Å². The maximum Gasteiger partial charge on any atom is 0.133 e. The number of nitrogens with one attached hydrogen (secondary N) is 1. The molecular formula is C5H11NS2Zn2. The van der Waals surface area contributed by atoms with Crippen LogP contribution in [0.2, 0.25) is 0 Å². The average molecular weight is 280 g/mol. The summed E-state index contributed by atoms with van der Waals surface area (Å²) in [5.74, 6) is 1.06. The number of thiocarbonyl (C=S) groups is 1. The standard InChI is InChI=1S/C5H11NS2.2Zn/c1-3-6-5(7)8-4-2;;/h3-4H2,1-2H3,(H,6,7);;. The first-order valence-electron chi connectivity index (χ1n) is 2.71. The van der Waals surface area contributed by atoms with Crippen molar-refractivity contribution >= 4 is 28.3 Å². The molecule has 0 aromatic heterocycles. The summed E-state index contributed by atoms with van der Waals surface area (Å²) in [4.78, 5) is 0. The van der Waals surface area contributed by atoms with Gasteiger partial charge in [0.25, 0.3) is 0 Å². The number of hydrogen-bond donors (Lipinski definition) is 1. The Morgan fingerprint density at radius 2 is 1.90 bits per heavy atom. The van der Waals surface area contributed by atoms with E-state index in [9.17, 15) is 0 Å². The normalized spacial score (nSPS) is 7.00. The molecule has 0 radical (unpaired) electrons. The molecule has 1 N–H and O–H groups in total. The minimum Gasteiger partial charge on any atom is -0.371 e. The van der Waals surface area contributed by atoms with Gasteiger partial charge in [-0.15, -0.1) is 0 Å². The van der Waals surface area contributed by atoms with Crippen LogP contribution >= 0.6 is 24.0 Å². The van der Waals surface area contributed by atoms with E-state index in [0.29, 0.717) is 0 Å². The van der Waals surface area contributed by atoms with Gasteiger partial charge in [-0.1, -0.05) is 30.9 Å². The van der Waals surface area contributed by atoms with Crippen molar-refractivity contribution in [2.45, 2.75) is 13.8 Å². The van der Waals surface area contributed by atoms with Crippen LogP contribution in [0.3, 0.4) is 0 Å². The van der Waals surface area contributed by atoms with E-state index >= 15 is 0 Å². The predicted molar refractivity (Wildman–Crippen MR) is 44.4 cm³/mol. The SMILES string of the molecule is CCNC(=S)SCC.[Zn].[Zn]. The van der Waals surface area contributed by atoms with Gasteiger partial charge in [0.15, 0.2) is 0 Å². The molecule has 0 bridgehead atoms. The molecule has 1 nitrogen and oxygen atoms in total. The Morgan fingerprint density at radius 1 is 1.40 bits per heavy atom. The minimum absolute atomic E-state index is 0. The van der Waals surface area contributed by atoms with Gasteiger partial charge >= 0.3 is 0 Å². The van der Waals surface area contributed by atoms with Gasteiger partial charge in [0, 0.05) is 45.5 Å². The monoisotopic (exact) mass is 277 g/mol. The van der Waals surface area contributed by atoms with Crippen molar-refractivity contribution < 1.29 is 39.0 Å². The third kappa shape index (κ3) is 12.2. The van der Waals surface area contributed by atoms with Crippen molar-refractivity contribution in [2.24, 2.45) is 0 Å². The van der Waals surface area contributed by atoms with Crippen molar-refractivity contribution in [2.75, 3.05) is 12.3 Å². The second kappa shape index (κ2) is 13.1. The van der Waals surface area contributed by atoms with Crippen molar-refractivity contribution in [1.29, 1.82) is 0 Å². The van der Waals surface area contributed by atoms with Crippen LogP contribution in [0, 0.1) is 0 Å². The van der Waals surface area contributed by atoms with Gasteiger partial charge in [-0.3, -0.25) is 0 Å². The fraction of sp³-hybridized carbons (Fsp3) is 0.800. The van der Waals surface area contributed by atoms with Gasteiger partial charge < -0.3 is 5.32 Å². The molecular weight excluding hydrogens is 269 g/mol. The van der Waals surface area contributed by atoms with Crippen LogP contribution < -0.4 is 5.32 Å². The van der Waals surface area contributed by atoms with Crippen molar-refractivity contribution in [1.82, 2.24) is 5.32 Å². The Kier molecular flexibility index (Phi) is 23.0. The summed E-state index contributed by atoms with van der Waals surface area (Å²) in [5.41, 5.74) is 0. The summed E-state index contributed by atoms with van der Waals surface area (Å²) in [6.45, 7) is 5.07. The number of thioether (sulfide) groups is 1. The fourth-order valence-corrected chi connectivity index (χ4v) is 1.33. The molecule has 52 valence electrons. The third-order valence-electron chi connectivity index (χ3n) is 0.597. The van der Waals surface area contributed by atoms with Gasteiger partial charge in [0.05, 0.1) is 0 Å². The van der Waals surface area contributed by atoms with E-state index in [1.807, 2.05) is 6.92 Å². The molecule has 0 aromatic rings.